The van der Waals surface area contributed by atoms with Crippen LogP contribution in [0.5, 0.6) is 11.5 Å². The van der Waals surface area contributed by atoms with Crippen molar-refractivity contribution in [1.29, 1.82) is 0 Å². The number of sulfonamides is 1. The second kappa shape index (κ2) is 9.31. The number of hydrogen-bond donors (Lipinski definition) is 1. The Bertz CT molecular complexity index is 1290. The average molecular weight is 469 g/mol. The summed E-state index contributed by atoms with van der Waals surface area (Å²) < 4.78 is 36.8. The summed E-state index contributed by atoms with van der Waals surface area (Å²) >= 11 is 0. The van der Waals surface area contributed by atoms with Gasteiger partial charge in [-0.15, -0.1) is 0 Å². The number of methoxy groups -OCH3 is 2. The summed E-state index contributed by atoms with van der Waals surface area (Å²) in [6.45, 7) is 0.152. The lowest BCUT2D eigenvalue weighted by atomic mass is 10.0. The van der Waals surface area contributed by atoms with Gasteiger partial charge in [0.1, 0.15) is 11.5 Å². The Morgan fingerprint density at radius 3 is 2.48 bits per heavy atom. The van der Waals surface area contributed by atoms with Gasteiger partial charge in [0.15, 0.2) is 0 Å². The van der Waals surface area contributed by atoms with E-state index in [1.54, 1.807) is 18.2 Å². The van der Waals surface area contributed by atoms with E-state index in [0.717, 1.165) is 30.2 Å². The number of anilines is 2. The fourth-order valence-electron chi connectivity index (χ4n) is 4.41. The molecule has 0 bridgehead atoms. The molecule has 3 aromatic carbocycles. The van der Waals surface area contributed by atoms with Crippen LogP contribution in [0.1, 0.15) is 24.0 Å². The van der Waals surface area contributed by atoms with E-state index in [2.05, 4.69) is 17.4 Å². The molecular weight excluding hydrogens is 440 g/mol. The first-order chi connectivity index (χ1) is 15.8. The number of aryl methyl sites for hydroxylation is 2. The molecule has 1 aliphatic carbocycles. The van der Waals surface area contributed by atoms with Gasteiger partial charge in [-0.2, -0.15) is 0 Å². The van der Waals surface area contributed by atoms with Crippen molar-refractivity contribution < 1.29 is 22.7 Å². The molecular formula is C25H28N2O5S. The Labute approximate surface area is 194 Å². The molecule has 0 atom stereocenters. The Hall–Kier alpha value is -3.26. The van der Waals surface area contributed by atoms with Gasteiger partial charge < -0.3 is 14.8 Å². The molecule has 7 nitrogen and oxygen atoms in total. The van der Waals surface area contributed by atoms with Crippen molar-refractivity contribution in [2.24, 2.45) is 0 Å². The molecule has 33 heavy (non-hydrogen) atoms. The van der Waals surface area contributed by atoms with Crippen LogP contribution in [0.3, 0.4) is 0 Å². The summed E-state index contributed by atoms with van der Waals surface area (Å²) in [4.78, 5) is 12.7. The molecule has 174 valence electrons. The standard InChI is InChI=1S/C25H28N2O5S/c1-31-19-12-14-22(23(16-19)32-2)27(33(3,29)30)15-5-8-24(28)26-21-13-11-18-10-9-17-6-4-7-20(21)25(17)18/h4,6-7,11-14,16H,5,8-10,15H2,1-3H3,(H,26,28). The molecule has 0 radical (unpaired) electrons. The molecule has 0 heterocycles. The smallest absolute Gasteiger partial charge is 0.232 e. The maximum atomic E-state index is 12.7. The van der Waals surface area contributed by atoms with E-state index >= 15 is 0 Å². The lowest BCUT2D eigenvalue weighted by molar-refractivity contribution is -0.116. The highest BCUT2D eigenvalue weighted by Crippen LogP contribution is 2.36. The number of amides is 1. The predicted molar refractivity (Wildman–Crippen MR) is 131 cm³/mol. The van der Waals surface area contributed by atoms with Gasteiger partial charge in [0.05, 0.1) is 26.2 Å². The van der Waals surface area contributed by atoms with Gasteiger partial charge in [-0.3, -0.25) is 9.10 Å². The third-order valence-corrected chi connectivity index (χ3v) is 7.15. The molecule has 0 spiro atoms. The number of rotatable bonds is 9. The number of carbonyl (C=O) groups excluding carboxylic acids is 1. The summed E-state index contributed by atoms with van der Waals surface area (Å²) in [7, 11) is -0.570. The van der Waals surface area contributed by atoms with Crippen molar-refractivity contribution in [3.8, 4) is 11.5 Å². The van der Waals surface area contributed by atoms with E-state index in [1.165, 1.54) is 35.0 Å². The lowest BCUT2D eigenvalue weighted by Gasteiger charge is -2.24. The first-order valence-electron chi connectivity index (χ1n) is 10.8. The van der Waals surface area contributed by atoms with Crippen LogP contribution in [-0.4, -0.2) is 41.3 Å². The van der Waals surface area contributed by atoms with E-state index < -0.39 is 10.0 Å². The molecule has 1 N–H and O–H groups in total. The molecule has 0 saturated heterocycles. The van der Waals surface area contributed by atoms with Crippen LogP contribution in [0.4, 0.5) is 11.4 Å². The van der Waals surface area contributed by atoms with Crippen LogP contribution in [0.15, 0.2) is 48.5 Å². The minimum Gasteiger partial charge on any atom is -0.497 e. The van der Waals surface area contributed by atoms with Gasteiger partial charge >= 0.3 is 0 Å². The zero-order valence-electron chi connectivity index (χ0n) is 19.1. The van der Waals surface area contributed by atoms with Crippen LogP contribution in [0, 0.1) is 0 Å². The maximum absolute atomic E-state index is 12.7. The SMILES string of the molecule is COc1ccc(N(CCCC(=O)Nc2ccc3c4c(cccc24)CC3)S(C)(=O)=O)c(OC)c1. The van der Waals surface area contributed by atoms with Crippen LogP contribution in [0.2, 0.25) is 0 Å². The summed E-state index contributed by atoms with van der Waals surface area (Å²) in [6.07, 6.45) is 3.74. The molecule has 0 aromatic heterocycles. The minimum atomic E-state index is -3.58. The molecule has 8 heteroatoms. The van der Waals surface area contributed by atoms with Crippen molar-refractivity contribution in [3.05, 3.63) is 59.7 Å². The minimum absolute atomic E-state index is 0.149. The number of ether oxygens (including phenoxy) is 2. The number of nitrogens with one attached hydrogen (secondary N) is 1. The largest absolute Gasteiger partial charge is 0.497 e. The van der Waals surface area contributed by atoms with Gasteiger partial charge in [0, 0.05) is 30.1 Å². The van der Waals surface area contributed by atoms with Crippen LogP contribution >= 0.6 is 0 Å². The van der Waals surface area contributed by atoms with Crippen molar-refractivity contribution in [2.75, 3.05) is 36.6 Å². The van der Waals surface area contributed by atoms with Crippen molar-refractivity contribution in [1.82, 2.24) is 0 Å². The normalized spacial score (nSPS) is 12.6. The van der Waals surface area contributed by atoms with Gasteiger partial charge in [-0.05, 0) is 54.0 Å². The first kappa shape index (κ1) is 22.9. The third-order valence-electron chi connectivity index (χ3n) is 5.97. The molecule has 0 aliphatic heterocycles. The topological polar surface area (TPSA) is 84.9 Å². The highest BCUT2D eigenvalue weighted by Gasteiger charge is 2.22. The first-order valence-corrected chi connectivity index (χ1v) is 12.7. The van der Waals surface area contributed by atoms with E-state index in [9.17, 15) is 13.2 Å². The number of benzene rings is 3. The monoisotopic (exact) mass is 468 g/mol. The summed E-state index contributed by atoms with van der Waals surface area (Å²) in [5.74, 6) is 0.801. The Kier molecular flexibility index (Phi) is 6.47. The zero-order chi connectivity index (χ0) is 23.6. The van der Waals surface area contributed by atoms with E-state index in [0.29, 0.717) is 23.6 Å². The van der Waals surface area contributed by atoms with Gasteiger partial charge in [0.25, 0.3) is 0 Å². The van der Waals surface area contributed by atoms with E-state index in [1.807, 2.05) is 18.2 Å². The maximum Gasteiger partial charge on any atom is 0.232 e. The van der Waals surface area contributed by atoms with Gasteiger partial charge in [0.2, 0.25) is 15.9 Å². The van der Waals surface area contributed by atoms with Gasteiger partial charge in [-0.1, -0.05) is 24.3 Å². The molecule has 0 fully saturated rings. The van der Waals surface area contributed by atoms with Crippen molar-refractivity contribution >= 4 is 38.1 Å². The second-order valence-corrected chi connectivity index (χ2v) is 10.0. The summed E-state index contributed by atoms with van der Waals surface area (Å²) in [6, 6.07) is 15.2. The number of carbonyl (C=O) groups is 1. The highest BCUT2D eigenvalue weighted by atomic mass is 32.2. The average Bonchev–Trinajstić information content (AvgIpc) is 3.22. The Balaban J connectivity index is 1.46. The highest BCUT2D eigenvalue weighted by molar-refractivity contribution is 7.92. The molecule has 1 aliphatic rings. The van der Waals surface area contributed by atoms with Gasteiger partial charge in [-0.25, -0.2) is 8.42 Å². The molecule has 1 amide bonds. The molecule has 0 unspecified atom stereocenters. The van der Waals surface area contributed by atoms with Crippen LogP contribution in [-0.2, 0) is 27.7 Å². The van der Waals surface area contributed by atoms with Crippen LogP contribution < -0.4 is 19.1 Å². The van der Waals surface area contributed by atoms with Crippen LogP contribution in [0.25, 0.3) is 10.8 Å². The third kappa shape index (κ3) is 4.75. The fourth-order valence-corrected chi connectivity index (χ4v) is 5.38. The van der Waals surface area contributed by atoms with E-state index in [4.69, 9.17) is 9.47 Å². The summed E-state index contributed by atoms with van der Waals surface area (Å²) in [5.41, 5.74) is 3.83. The Morgan fingerprint density at radius 1 is 1.03 bits per heavy atom. The quantitative estimate of drug-likeness (QED) is 0.510. The van der Waals surface area contributed by atoms with Crippen molar-refractivity contribution in [2.45, 2.75) is 25.7 Å². The molecule has 0 saturated carbocycles. The summed E-state index contributed by atoms with van der Waals surface area (Å²) in [5, 5.41) is 5.30. The molecule has 3 aromatic rings. The predicted octanol–water partition coefficient (Wildman–Crippen LogP) is 4.14. The number of nitrogens with zero attached hydrogens (tertiary/aromatic N) is 1. The fraction of sp³-hybridized carbons (Fsp3) is 0.320. The lowest BCUT2D eigenvalue weighted by Crippen LogP contribution is -2.31. The second-order valence-electron chi connectivity index (χ2n) is 8.14. The zero-order valence-corrected chi connectivity index (χ0v) is 19.9. The van der Waals surface area contributed by atoms with E-state index in [-0.39, 0.29) is 18.9 Å². The molecule has 4 rings (SSSR count). The van der Waals surface area contributed by atoms with Crippen molar-refractivity contribution in [3.63, 3.8) is 0 Å². The Morgan fingerprint density at radius 2 is 1.79 bits per heavy atom. The number of hydrogen-bond acceptors (Lipinski definition) is 5.